The molecule has 0 saturated carbocycles. The van der Waals surface area contributed by atoms with Crippen molar-refractivity contribution < 1.29 is 9.90 Å². The molecule has 118 valence electrons. The summed E-state index contributed by atoms with van der Waals surface area (Å²) in [5, 5.41) is 11.7. The molecule has 0 bridgehead atoms. The molecule has 22 heavy (non-hydrogen) atoms. The van der Waals surface area contributed by atoms with Crippen molar-refractivity contribution in [1.82, 2.24) is 4.98 Å². The van der Waals surface area contributed by atoms with Crippen molar-refractivity contribution in [2.24, 2.45) is 0 Å². The third-order valence-corrected chi connectivity index (χ3v) is 4.82. The van der Waals surface area contributed by atoms with E-state index in [9.17, 15) is 4.79 Å². The smallest absolute Gasteiger partial charge is 0.309 e. The van der Waals surface area contributed by atoms with Crippen LogP contribution in [0, 0.1) is 0 Å². The van der Waals surface area contributed by atoms with Gasteiger partial charge in [-0.25, -0.2) is 4.98 Å². The standard InChI is InChI=1S/C17H22N2O2S/c1-17(2,16-18-13(11-22-16)9-15(20)21)10-12-5-7-14(8-6-12)19(3)4/h5-8,11H,9-10H2,1-4H3,(H,20,21). The first-order valence-corrected chi connectivity index (χ1v) is 8.09. The quantitative estimate of drug-likeness (QED) is 0.887. The fourth-order valence-electron chi connectivity index (χ4n) is 2.35. The number of benzene rings is 1. The SMILES string of the molecule is CN(C)c1ccc(CC(C)(C)c2nc(CC(=O)O)cs2)cc1. The molecular formula is C17H22N2O2S. The van der Waals surface area contributed by atoms with Crippen molar-refractivity contribution in [1.29, 1.82) is 0 Å². The molecule has 1 N–H and O–H groups in total. The Hall–Kier alpha value is -1.88. The van der Waals surface area contributed by atoms with Gasteiger partial charge in [-0.1, -0.05) is 26.0 Å². The molecule has 0 spiro atoms. The van der Waals surface area contributed by atoms with Gasteiger partial charge in [-0.05, 0) is 24.1 Å². The summed E-state index contributed by atoms with van der Waals surface area (Å²) in [6.07, 6.45) is 0.866. The maximum atomic E-state index is 10.8. The number of carboxylic acids is 1. The highest BCUT2D eigenvalue weighted by molar-refractivity contribution is 7.09. The molecule has 4 nitrogen and oxygen atoms in total. The van der Waals surface area contributed by atoms with E-state index in [1.807, 2.05) is 19.5 Å². The fourth-order valence-corrected chi connectivity index (χ4v) is 3.30. The highest BCUT2D eigenvalue weighted by atomic mass is 32.1. The average molecular weight is 318 g/mol. The Morgan fingerprint density at radius 1 is 1.27 bits per heavy atom. The van der Waals surface area contributed by atoms with Gasteiger partial charge in [-0.3, -0.25) is 4.79 Å². The summed E-state index contributed by atoms with van der Waals surface area (Å²) in [5.41, 5.74) is 2.97. The molecule has 1 aromatic heterocycles. The molecule has 5 heteroatoms. The van der Waals surface area contributed by atoms with Crippen molar-refractivity contribution in [3.05, 3.63) is 45.9 Å². The average Bonchev–Trinajstić information content (AvgIpc) is 2.87. The van der Waals surface area contributed by atoms with Crippen LogP contribution in [-0.2, 0) is 23.1 Å². The molecule has 0 amide bonds. The van der Waals surface area contributed by atoms with Gasteiger partial charge in [0.2, 0.25) is 0 Å². The highest BCUT2D eigenvalue weighted by Crippen LogP contribution is 2.30. The van der Waals surface area contributed by atoms with Gasteiger partial charge in [0, 0.05) is 30.6 Å². The van der Waals surface area contributed by atoms with Gasteiger partial charge < -0.3 is 10.0 Å². The van der Waals surface area contributed by atoms with Gasteiger partial charge >= 0.3 is 5.97 Å². The van der Waals surface area contributed by atoms with Crippen LogP contribution in [0.3, 0.4) is 0 Å². The number of anilines is 1. The molecular weight excluding hydrogens is 296 g/mol. The third-order valence-electron chi connectivity index (χ3n) is 3.56. The van der Waals surface area contributed by atoms with Crippen LogP contribution in [0.2, 0.25) is 0 Å². The van der Waals surface area contributed by atoms with Crippen LogP contribution in [0.15, 0.2) is 29.6 Å². The van der Waals surface area contributed by atoms with Crippen molar-refractivity contribution >= 4 is 23.0 Å². The molecule has 0 aliphatic carbocycles. The van der Waals surface area contributed by atoms with Crippen molar-refractivity contribution in [2.45, 2.75) is 32.1 Å². The summed E-state index contributed by atoms with van der Waals surface area (Å²) < 4.78 is 0. The number of carbonyl (C=O) groups is 1. The lowest BCUT2D eigenvalue weighted by Gasteiger charge is -2.22. The number of thiazole rings is 1. The van der Waals surface area contributed by atoms with Crippen LogP contribution in [0.1, 0.15) is 30.1 Å². The molecule has 0 radical (unpaired) electrons. The van der Waals surface area contributed by atoms with E-state index < -0.39 is 5.97 Å². The second kappa shape index (κ2) is 6.48. The summed E-state index contributed by atoms with van der Waals surface area (Å²) in [6.45, 7) is 4.30. The maximum Gasteiger partial charge on any atom is 0.309 e. The van der Waals surface area contributed by atoms with E-state index in [0.29, 0.717) is 5.69 Å². The molecule has 2 aromatic rings. The first-order valence-electron chi connectivity index (χ1n) is 7.21. The number of hydrogen-bond donors (Lipinski definition) is 1. The Bertz CT molecular complexity index is 645. The monoisotopic (exact) mass is 318 g/mol. The number of rotatable bonds is 6. The maximum absolute atomic E-state index is 10.8. The Kier molecular flexibility index (Phi) is 4.86. The molecule has 0 unspecified atom stereocenters. The van der Waals surface area contributed by atoms with E-state index in [1.54, 1.807) is 11.3 Å². The number of aliphatic carboxylic acids is 1. The molecule has 0 atom stereocenters. The van der Waals surface area contributed by atoms with Crippen LogP contribution in [0.5, 0.6) is 0 Å². The lowest BCUT2D eigenvalue weighted by atomic mass is 9.86. The Labute approximate surface area is 135 Å². The minimum atomic E-state index is -0.839. The van der Waals surface area contributed by atoms with Gasteiger partial charge in [-0.15, -0.1) is 11.3 Å². The first kappa shape index (κ1) is 16.5. The predicted molar refractivity (Wildman–Crippen MR) is 91.0 cm³/mol. The Morgan fingerprint density at radius 3 is 2.45 bits per heavy atom. The van der Waals surface area contributed by atoms with Crippen molar-refractivity contribution in [3.63, 3.8) is 0 Å². The number of aromatic nitrogens is 1. The van der Waals surface area contributed by atoms with E-state index in [0.717, 1.165) is 11.4 Å². The summed E-state index contributed by atoms with van der Waals surface area (Å²) in [5.74, 6) is -0.839. The zero-order chi connectivity index (χ0) is 16.3. The second-order valence-electron chi connectivity index (χ2n) is 6.34. The normalized spacial score (nSPS) is 11.5. The van der Waals surface area contributed by atoms with Gasteiger partial charge in [0.15, 0.2) is 0 Å². The molecule has 1 heterocycles. The molecule has 1 aromatic carbocycles. The molecule has 0 aliphatic heterocycles. The topological polar surface area (TPSA) is 53.4 Å². The van der Waals surface area contributed by atoms with Crippen LogP contribution >= 0.6 is 11.3 Å². The minimum absolute atomic E-state index is 0.00981. The fraction of sp³-hybridized carbons (Fsp3) is 0.412. The van der Waals surface area contributed by atoms with Crippen LogP contribution in [0.25, 0.3) is 0 Å². The molecule has 2 rings (SSSR count). The van der Waals surface area contributed by atoms with E-state index in [-0.39, 0.29) is 11.8 Å². The Morgan fingerprint density at radius 2 is 1.91 bits per heavy atom. The Balaban J connectivity index is 2.12. The van der Waals surface area contributed by atoms with E-state index in [4.69, 9.17) is 5.11 Å². The number of nitrogens with zero attached hydrogens (tertiary/aromatic N) is 2. The number of hydrogen-bond acceptors (Lipinski definition) is 4. The zero-order valence-corrected chi connectivity index (χ0v) is 14.3. The second-order valence-corrected chi connectivity index (χ2v) is 7.19. The zero-order valence-electron chi connectivity index (χ0n) is 13.5. The lowest BCUT2D eigenvalue weighted by molar-refractivity contribution is -0.136. The molecule has 0 saturated heterocycles. The van der Waals surface area contributed by atoms with Gasteiger partial charge in [0.05, 0.1) is 17.1 Å². The van der Waals surface area contributed by atoms with E-state index >= 15 is 0 Å². The van der Waals surface area contributed by atoms with Crippen molar-refractivity contribution in [3.8, 4) is 0 Å². The van der Waals surface area contributed by atoms with Crippen LogP contribution < -0.4 is 4.90 Å². The molecule has 0 fully saturated rings. The summed E-state index contributed by atoms with van der Waals surface area (Å²) in [6, 6.07) is 8.51. The van der Waals surface area contributed by atoms with Gasteiger partial charge in [0.1, 0.15) is 0 Å². The highest BCUT2D eigenvalue weighted by Gasteiger charge is 2.25. The third kappa shape index (κ3) is 4.07. The van der Waals surface area contributed by atoms with Gasteiger partial charge in [-0.2, -0.15) is 0 Å². The number of carboxylic acid groups (broad SMARTS) is 1. The largest absolute Gasteiger partial charge is 0.481 e. The van der Waals surface area contributed by atoms with Crippen molar-refractivity contribution in [2.75, 3.05) is 19.0 Å². The minimum Gasteiger partial charge on any atom is -0.481 e. The first-order chi connectivity index (χ1) is 10.3. The van der Waals surface area contributed by atoms with Gasteiger partial charge in [0.25, 0.3) is 0 Å². The summed E-state index contributed by atoms with van der Waals surface area (Å²) in [4.78, 5) is 17.3. The predicted octanol–water partition coefficient (Wildman–Crippen LogP) is 3.36. The van der Waals surface area contributed by atoms with E-state index in [2.05, 4.69) is 48.0 Å². The van der Waals surface area contributed by atoms with Crippen LogP contribution in [-0.4, -0.2) is 30.2 Å². The van der Waals surface area contributed by atoms with E-state index in [1.165, 1.54) is 11.3 Å². The summed E-state index contributed by atoms with van der Waals surface area (Å²) >= 11 is 1.54. The summed E-state index contributed by atoms with van der Waals surface area (Å²) in [7, 11) is 4.05. The lowest BCUT2D eigenvalue weighted by Crippen LogP contribution is -2.20. The molecule has 0 aliphatic rings. The van der Waals surface area contributed by atoms with Crippen LogP contribution in [0.4, 0.5) is 5.69 Å².